The third kappa shape index (κ3) is 2.97. The van der Waals surface area contributed by atoms with Crippen LogP contribution in [0.15, 0.2) is 55.0 Å². The number of amides is 1. The van der Waals surface area contributed by atoms with Crippen molar-refractivity contribution in [1.29, 1.82) is 0 Å². The molecule has 4 rings (SSSR count). The molecule has 0 aliphatic carbocycles. The summed E-state index contributed by atoms with van der Waals surface area (Å²) in [4.78, 5) is 22.3. The van der Waals surface area contributed by atoms with Gasteiger partial charge >= 0.3 is 0 Å². The van der Waals surface area contributed by atoms with Gasteiger partial charge in [0.1, 0.15) is 18.2 Å². The molecule has 1 aliphatic heterocycles. The van der Waals surface area contributed by atoms with Crippen molar-refractivity contribution < 1.29 is 9.53 Å². The zero-order chi connectivity index (χ0) is 18.1. The summed E-state index contributed by atoms with van der Waals surface area (Å²) in [6.07, 6.45) is 5.31. The van der Waals surface area contributed by atoms with Gasteiger partial charge in [0.05, 0.1) is 11.9 Å². The first-order chi connectivity index (χ1) is 12.6. The van der Waals surface area contributed by atoms with Gasteiger partial charge in [-0.05, 0) is 36.4 Å². The van der Waals surface area contributed by atoms with Gasteiger partial charge in [-0.1, -0.05) is 0 Å². The van der Waals surface area contributed by atoms with Gasteiger partial charge in [-0.25, -0.2) is 4.98 Å². The molecule has 3 aromatic rings. The second kappa shape index (κ2) is 6.48. The minimum atomic E-state index is -0.0451. The Morgan fingerprint density at radius 3 is 2.81 bits per heavy atom. The number of ether oxygens (including phenoxy) is 1. The van der Waals surface area contributed by atoms with Gasteiger partial charge in [0.15, 0.2) is 0 Å². The van der Waals surface area contributed by atoms with Crippen LogP contribution in [0.1, 0.15) is 15.9 Å². The van der Waals surface area contributed by atoms with Crippen molar-refractivity contribution in [2.24, 2.45) is 0 Å². The van der Waals surface area contributed by atoms with Crippen LogP contribution in [-0.4, -0.2) is 34.9 Å². The Bertz CT molecular complexity index is 971. The lowest BCUT2D eigenvalue weighted by molar-refractivity contribution is 0.0827. The standard InChI is InChI=1S/C20H18N4O2/c1-24(2)20(25)13-5-6-16-17-11-22-19(23-15-4-3-7-21-10-15)9-14(17)12-26-18(16)8-13/h3-11H,12H2,1-2H3,(H,22,23). The fraction of sp³-hybridized carbons (Fsp3) is 0.150. The molecule has 6 nitrogen and oxygen atoms in total. The van der Waals surface area contributed by atoms with Gasteiger partial charge < -0.3 is 15.0 Å². The van der Waals surface area contributed by atoms with Gasteiger partial charge in [0.2, 0.25) is 0 Å². The topological polar surface area (TPSA) is 67.3 Å². The van der Waals surface area contributed by atoms with E-state index in [0.717, 1.165) is 28.2 Å². The number of rotatable bonds is 3. The van der Waals surface area contributed by atoms with Gasteiger partial charge in [-0.2, -0.15) is 0 Å². The maximum absolute atomic E-state index is 12.1. The van der Waals surface area contributed by atoms with E-state index in [-0.39, 0.29) is 5.91 Å². The first-order valence-corrected chi connectivity index (χ1v) is 8.26. The highest BCUT2D eigenvalue weighted by Crippen LogP contribution is 2.38. The van der Waals surface area contributed by atoms with Crippen molar-refractivity contribution in [3.05, 3.63) is 66.1 Å². The molecule has 1 N–H and O–H groups in total. The lowest BCUT2D eigenvalue weighted by Gasteiger charge is -2.22. The van der Waals surface area contributed by atoms with E-state index in [9.17, 15) is 4.79 Å². The first-order valence-electron chi connectivity index (χ1n) is 8.26. The number of nitrogens with zero attached hydrogens (tertiary/aromatic N) is 3. The number of carbonyl (C=O) groups excluding carboxylic acids is 1. The van der Waals surface area contributed by atoms with Gasteiger partial charge in [-0.3, -0.25) is 9.78 Å². The zero-order valence-electron chi connectivity index (χ0n) is 14.6. The second-order valence-electron chi connectivity index (χ2n) is 6.29. The van der Waals surface area contributed by atoms with Crippen molar-refractivity contribution in [2.45, 2.75) is 6.61 Å². The first kappa shape index (κ1) is 16.1. The molecule has 0 radical (unpaired) electrons. The maximum Gasteiger partial charge on any atom is 0.253 e. The highest BCUT2D eigenvalue weighted by molar-refractivity contribution is 5.95. The summed E-state index contributed by atoms with van der Waals surface area (Å²) in [6, 6.07) is 11.3. The molecule has 2 aromatic heterocycles. The number of carbonyl (C=O) groups is 1. The van der Waals surface area contributed by atoms with Gasteiger partial charge in [0, 0.05) is 48.7 Å². The van der Waals surface area contributed by atoms with Crippen LogP contribution >= 0.6 is 0 Å². The predicted octanol–water partition coefficient (Wildman–Crippen LogP) is 3.48. The van der Waals surface area contributed by atoms with Crippen molar-refractivity contribution in [1.82, 2.24) is 14.9 Å². The van der Waals surface area contributed by atoms with E-state index < -0.39 is 0 Å². The van der Waals surface area contributed by atoms with Gasteiger partial charge in [-0.15, -0.1) is 0 Å². The summed E-state index contributed by atoms with van der Waals surface area (Å²) >= 11 is 0. The lowest BCUT2D eigenvalue weighted by atomic mass is 9.97. The number of pyridine rings is 2. The van der Waals surface area contributed by atoms with E-state index in [1.54, 1.807) is 37.5 Å². The average Bonchev–Trinajstić information content (AvgIpc) is 2.67. The molecule has 0 saturated heterocycles. The summed E-state index contributed by atoms with van der Waals surface area (Å²) in [5, 5.41) is 3.24. The molecule has 1 aliphatic rings. The summed E-state index contributed by atoms with van der Waals surface area (Å²) < 4.78 is 5.89. The molecular weight excluding hydrogens is 328 g/mol. The number of anilines is 2. The highest BCUT2D eigenvalue weighted by atomic mass is 16.5. The molecule has 0 spiro atoms. The molecule has 3 heterocycles. The van der Waals surface area contributed by atoms with Crippen LogP contribution in [0.4, 0.5) is 11.5 Å². The van der Waals surface area contributed by atoms with E-state index in [2.05, 4.69) is 15.3 Å². The summed E-state index contributed by atoms with van der Waals surface area (Å²) in [5.41, 5.74) is 4.50. The third-order valence-corrected chi connectivity index (χ3v) is 4.23. The Morgan fingerprint density at radius 1 is 1.15 bits per heavy atom. The number of hydrogen-bond donors (Lipinski definition) is 1. The fourth-order valence-electron chi connectivity index (χ4n) is 2.92. The van der Waals surface area contributed by atoms with Crippen LogP contribution < -0.4 is 10.1 Å². The SMILES string of the molecule is CN(C)C(=O)c1ccc2c(c1)OCc1cc(Nc3cccnc3)ncc1-2. The number of benzene rings is 1. The van der Waals surface area contributed by atoms with Gasteiger partial charge in [0.25, 0.3) is 5.91 Å². The molecule has 0 atom stereocenters. The maximum atomic E-state index is 12.1. The fourth-order valence-corrected chi connectivity index (χ4v) is 2.92. The molecule has 0 saturated carbocycles. The number of nitrogens with one attached hydrogen (secondary N) is 1. The van der Waals surface area contributed by atoms with Crippen molar-refractivity contribution in [3.8, 4) is 16.9 Å². The largest absolute Gasteiger partial charge is 0.488 e. The number of fused-ring (bicyclic) bond motifs is 3. The molecule has 1 aromatic carbocycles. The van der Waals surface area contributed by atoms with Crippen LogP contribution in [0, 0.1) is 0 Å². The minimum absolute atomic E-state index is 0.0451. The summed E-state index contributed by atoms with van der Waals surface area (Å²) in [7, 11) is 3.47. The predicted molar refractivity (Wildman–Crippen MR) is 99.5 cm³/mol. The number of aromatic nitrogens is 2. The monoisotopic (exact) mass is 346 g/mol. The van der Waals surface area contributed by atoms with E-state index in [1.807, 2.05) is 36.5 Å². The van der Waals surface area contributed by atoms with E-state index >= 15 is 0 Å². The zero-order valence-corrected chi connectivity index (χ0v) is 14.6. The normalized spacial score (nSPS) is 11.8. The molecule has 6 heteroatoms. The lowest BCUT2D eigenvalue weighted by Crippen LogP contribution is -2.21. The summed E-state index contributed by atoms with van der Waals surface area (Å²) in [6.45, 7) is 0.437. The van der Waals surface area contributed by atoms with E-state index in [4.69, 9.17) is 4.74 Å². The van der Waals surface area contributed by atoms with Crippen LogP contribution in [0.3, 0.4) is 0 Å². The molecule has 26 heavy (non-hydrogen) atoms. The molecular formula is C20H18N4O2. The third-order valence-electron chi connectivity index (χ3n) is 4.23. The highest BCUT2D eigenvalue weighted by Gasteiger charge is 2.20. The van der Waals surface area contributed by atoms with Crippen molar-refractivity contribution in [2.75, 3.05) is 19.4 Å². The van der Waals surface area contributed by atoms with Crippen LogP contribution in [0.2, 0.25) is 0 Å². The Balaban J connectivity index is 1.65. The van der Waals surface area contributed by atoms with Crippen LogP contribution in [-0.2, 0) is 6.61 Å². The molecule has 1 amide bonds. The van der Waals surface area contributed by atoms with Crippen molar-refractivity contribution in [3.63, 3.8) is 0 Å². The Kier molecular flexibility index (Phi) is 4.01. The average molecular weight is 346 g/mol. The molecule has 0 bridgehead atoms. The Hall–Kier alpha value is -3.41. The summed E-state index contributed by atoms with van der Waals surface area (Å²) in [5.74, 6) is 1.40. The van der Waals surface area contributed by atoms with Crippen molar-refractivity contribution >= 4 is 17.4 Å². The number of hydrogen-bond acceptors (Lipinski definition) is 5. The van der Waals surface area contributed by atoms with E-state index in [0.29, 0.717) is 17.9 Å². The minimum Gasteiger partial charge on any atom is -0.488 e. The van der Waals surface area contributed by atoms with Crippen LogP contribution in [0.25, 0.3) is 11.1 Å². The Labute approximate surface area is 151 Å². The molecule has 130 valence electrons. The Morgan fingerprint density at radius 2 is 2.04 bits per heavy atom. The van der Waals surface area contributed by atoms with E-state index in [1.165, 1.54) is 0 Å². The quantitative estimate of drug-likeness (QED) is 0.786. The molecule has 0 fully saturated rings. The van der Waals surface area contributed by atoms with Crippen LogP contribution in [0.5, 0.6) is 5.75 Å². The molecule has 0 unspecified atom stereocenters. The second-order valence-corrected chi connectivity index (χ2v) is 6.29. The smallest absolute Gasteiger partial charge is 0.253 e.